The molecular formula is C11H13N5O2. The summed E-state index contributed by atoms with van der Waals surface area (Å²) in [5, 5.41) is 11.6. The Morgan fingerprint density at radius 1 is 1.61 bits per heavy atom. The molecule has 1 aliphatic rings. The summed E-state index contributed by atoms with van der Waals surface area (Å²) < 4.78 is 7.34. The number of pyridine rings is 1. The molecule has 1 fully saturated rings. The molecule has 18 heavy (non-hydrogen) atoms. The van der Waals surface area contributed by atoms with Gasteiger partial charge in [-0.05, 0) is 12.5 Å². The highest BCUT2D eigenvalue weighted by Gasteiger charge is 2.19. The fourth-order valence-electron chi connectivity index (χ4n) is 1.93. The Bertz CT molecular complexity index is 602. The van der Waals surface area contributed by atoms with Gasteiger partial charge in [0.1, 0.15) is 5.52 Å². The third kappa shape index (κ3) is 1.78. The van der Waals surface area contributed by atoms with E-state index >= 15 is 0 Å². The van der Waals surface area contributed by atoms with Crippen molar-refractivity contribution in [2.75, 3.05) is 6.61 Å². The van der Waals surface area contributed by atoms with E-state index in [2.05, 4.69) is 15.1 Å². The maximum absolute atomic E-state index is 8.62. The number of fused-ring (bicyclic) bond motifs is 1. The molecule has 3 N–H and O–H groups in total. The molecule has 7 heteroatoms. The molecule has 2 aromatic heterocycles. The van der Waals surface area contributed by atoms with Crippen molar-refractivity contribution in [2.24, 2.45) is 10.9 Å². The van der Waals surface area contributed by atoms with Crippen molar-refractivity contribution < 1.29 is 9.94 Å². The van der Waals surface area contributed by atoms with Crippen molar-refractivity contribution in [1.82, 2.24) is 14.5 Å². The molecule has 1 aliphatic heterocycles. The molecule has 1 unspecified atom stereocenters. The third-order valence-electron chi connectivity index (χ3n) is 3.05. The average molecular weight is 247 g/mol. The van der Waals surface area contributed by atoms with Gasteiger partial charge in [-0.2, -0.15) is 0 Å². The van der Waals surface area contributed by atoms with Crippen LogP contribution in [0.5, 0.6) is 0 Å². The van der Waals surface area contributed by atoms with E-state index in [0.29, 0.717) is 5.56 Å². The molecule has 3 rings (SSSR count). The molecule has 0 spiro atoms. The van der Waals surface area contributed by atoms with Crippen molar-refractivity contribution >= 4 is 17.0 Å². The average Bonchev–Trinajstić information content (AvgIpc) is 2.75. The van der Waals surface area contributed by atoms with Crippen LogP contribution in [-0.2, 0) is 11.3 Å². The van der Waals surface area contributed by atoms with Crippen LogP contribution in [0.3, 0.4) is 0 Å². The number of oxime groups is 1. The lowest BCUT2D eigenvalue weighted by Gasteiger charge is -2.26. The lowest BCUT2D eigenvalue weighted by molar-refractivity contribution is -0.0587. The predicted octanol–water partition coefficient (Wildman–Crippen LogP) is 0.315. The van der Waals surface area contributed by atoms with Gasteiger partial charge < -0.3 is 20.2 Å². The second-order valence-electron chi connectivity index (χ2n) is 4.23. The molecule has 0 bridgehead atoms. The molecule has 2 aromatic rings. The van der Waals surface area contributed by atoms with E-state index in [-0.39, 0.29) is 11.9 Å². The number of ether oxygens (including phenoxy) is 1. The Balaban J connectivity index is 1.94. The highest BCUT2D eigenvalue weighted by molar-refractivity contribution is 5.98. The van der Waals surface area contributed by atoms with E-state index in [1.807, 2.05) is 4.57 Å². The summed E-state index contributed by atoms with van der Waals surface area (Å²) in [7, 11) is 0. The van der Waals surface area contributed by atoms with Gasteiger partial charge in [-0.15, -0.1) is 0 Å². The predicted molar refractivity (Wildman–Crippen MR) is 64.4 cm³/mol. The van der Waals surface area contributed by atoms with Crippen LogP contribution in [0.2, 0.25) is 0 Å². The first-order chi connectivity index (χ1) is 8.78. The molecule has 0 aromatic carbocycles. The van der Waals surface area contributed by atoms with Crippen molar-refractivity contribution in [2.45, 2.75) is 19.1 Å². The van der Waals surface area contributed by atoms with Gasteiger partial charge in [0.25, 0.3) is 0 Å². The molecule has 1 atom stereocenters. The summed E-state index contributed by atoms with van der Waals surface area (Å²) in [5.41, 5.74) is 7.56. The maximum atomic E-state index is 8.62. The summed E-state index contributed by atoms with van der Waals surface area (Å²) in [5.74, 6) is 0.0290. The van der Waals surface area contributed by atoms with Crippen LogP contribution in [0.25, 0.3) is 11.2 Å². The number of aromatic nitrogens is 3. The van der Waals surface area contributed by atoms with Crippen LogP contribution in [0.4, 0.5) is 0 Å². The van der Waals surface area contributed by atoms with Crippen LogP contribution in [-0.4, -0.2) is 38.3 Å². The minimum atomic E-state index is 0.0290. The third-order valence-corrected chi connectivity index (χ3v) is 3.05. The normalized spacial score (nSPS) is 20.0. The lowest BCUT2D eigenvalue weighted by atomic mass is 10.2. The molecule has 0 aliphatic carbocycles. The van der Waals surface area contributed by atoms with E-state index in [0.717, 1.165) is 30.7 Å². The summed E-state index contributed by atoms with van der Waals surface area (Å²) >= 11 is 0. The van der Waals surface area contributed by atoms with Gasteiger partial charge in [0, 0.05) is 18.4 Å². The Morgan fingerprint density at radius 3 is 3.11 bits per heavy atom. The van der Waals surface area contributed by atoms with Crippen molar-refractivity contribution in [1.29, 1.82) is 0 Å². The number of hydrogen-bond acceptors (Lipinski definition) is 5. The summed E-state index contributed by atoms with van der Waals surface area (Å²) in [6.45, 7) is 1.59. The van der Waals surface area contributed by atoms with Gasteiger partial charge in [-0.3, -0.25) is 0 Å². The van der Waals surface area contributed by atoms with Gasteiger partial charge in [-0.25, -0.2) is 9.97 Å². The minimum absolute atomic E-state index is 0.0290. The topological polar surface area (TPSA) is 98.5 Å². The second kappa shape index (κ2) is 4.26. The monoisotopic (exact) mass is 247 g/mol. The molecule has 94 valence electrons. The molecule has 1 saturated heterocycles. The van der Waals surface area contributed by atoms with Crippen molar-refractivity contribution in [3.63, 3.8) is 0 Å². The van der Waals surface area contributed by atoms with Crippen molar-refractivity contribution in [3.8, 4) is 0 Å². The molecule has 3 heterocycles. The van der Waals surface area contributed by atoms with Gasteiger partial charge in [0.05, 0.1) is 19.0 Å². The molecule has 0 radical (unpaired) electrons. The smallest absolute Gasteiger partial charge is 0.171 e. The number of nitrogens with two attached hydrogens (primary N) is 1. The highest BCUT2D eigenvalue weighted by Crippen LogP contribution is 2.17. The zero-order chi connectivity index (χ0) is 12.5. The summed E-state index contributed by atoms with van der Waals surface area (Å²) in [6.07, 6.45) is 4.63. The maximum Gasteiger partial charge on any atom is 0.171 e. The fourth-order valence-corrected chi connectivity index (χ4v) is 1.93. The summed E-state index contributed by atoms with van der Waals surface area (Å²) in [4.78, 5) is 8.55. The number of hydrogen-bond donors (Lipinski definition) is 2. The van der Waals surface area contributed by atoms with E-state index in [1.165, 1.54) is 0 Å². The van der Waals surface area contributed by atoms with Crippen LogP contribution in [0.15, 0.2) is 23.7 Å². The Labute approximate surface area is 103 Å². The molecular weight excluding hydrogens is 234 g/mol. The Hall–Kier alpha value is -2.15. The number of rotatable bonds is 3. The van der Waals surface area contributed by atoms with Gasteiger partial charge in [0.15, 0.2) is 11.5 Å². The van der Waals surface area contributed by atoms with Crippen LogP contribution < -0.4 is 5.73 Å². The van der Waals surface area contributed by atoms with Crippen molar-refractivity contribution in [3.05, 3.63) is 24.2 Å². The van der Waals surface area contributed by atoms with E-state index in [4.69, 9.17) is 15.7 Å². The minimum Gasteiger partial charge on any atom is -0.409 e. The Kier molecular flexibility index (Phi) is 2.60. The van der Waals surface area contributed by atoms with Crippen LogP contribution in [0.1, 0.15) is 12.0 Å². The molecule has 0 saturated carbocycles. The first-order valence-corrected chi connectivity index (χ1v) is 5.68. The molecule has 0 amide bonds. The Morgan fingerprint density at radius 2 is 2.44 bits per heavy atom. The second-order valence-corrected chi connectivity index (χ2v) is 4.23. The van der Waals surface area contributed by atoms with Gasteiger partial charge in [0.2, 0.25) is 0 Å². The number of amidine groups is 1. The van der Waals surface area contributed by atoms with E-state index < -0.39 is 0 Å². The SMILES string of the molecule is NC(=NO)c1cnc2c(c1)ncn2CC1CCO1. The zero-order valence-corrected chi connectivity index (χ0v) is 9.65. The van der Waals surface area contributed by atoms with Gasteiger partial charge >= 0.3 is 0 Å². The fraction of sp³-hybridized carbons (Fsp3) is 0.364. The quantitative estimate of drug-likeness (QED) is 0.352. The molecule has 7 nitrogen and oxygen atoms in total. The summed E-state index contributed by atoms with van der Waals surface area (Å²) in [6, 6.07) is 1.75. The lowest BCUT2D eigenvalue weighted by Crippen LogP contribution is -2.31. The first kappa shape index (κ1) is 11.0. The number of nitrogens with zero attached hydrogens (tertiary/aromatic N) is 4. The standard InChI is InChI=1S/C11H13N5O2/c12-10(15-17)7-3-9-11(13-4-7)16(6-14-9)5-8-1-2-18-8/h3-4,6,8,17H,1-2,5H2,(H2,12,15). The van der Waals surface area contributed by atoms with E-state index in [9.17, 15) is 0 Å². The van der Waals surface area contributed by atoms with Crippen LogP contribution >= 0.6 is 0 Å². The van der Waals surface area contributed by atoms with Gasteiger partial charge in [-0.1, -0.05) is 5.16 Å². The zero-order valence-electron chi connectivity index (χ0n) is 9.65. The number of imidazole rings is 1. The first-order valence-electron chi connectivity index (χ1n) is 5.68. The van der Waals surface area contributed by atoms with E-state index in [1.54, 1.807) is 18.6 Å². The largest absolute Gasteiger partial charge is 0.409 e. The highest BCUT2D eigenvalue weighted by atomic mass is 16.5. The van der Waals surface area contributed by atoms with Crippen LogP contribution in [0, 0.1) is 0 Å².